The first kappa shape index (κ1) is 10.3. The third-order valence-electron chi connectivity index (χ3n) is 2.11. The standard InChI is InChI=1S/C13H19/c1-4-7-12-8-5-6-9-13(12)10-11(2)3/h5-9,11H,4,10H2,1-3H3. The summed E-state index contributed by atoms with van der Waals surface area (Å²) in [6.45, 7) is 6.72. The summed E-state index contributed by atoms with van der Waals surface area (Å²) in [7, 11) is 0. The van der Waals surface area contributed by atoms with Crippen molar-refractivity contribution in [3.8, 4) is 0 Å². The summed E-state index contributed by atoms with van der Waals surface area (Å²) in [5, 5.41) is 0. The van der Waals surface area contributed by atoms with Crippen molar-refractivity contribution in [2.24, 2.45) is 5.92 Å². The lowest BCUT2D eigenvalue weighted by atomic mass is 9.96. The molecule has 0 unspecified atom stereocenters. The second-order valence-corrected chi connectivity index (χ2v) is 3.91. The number of rotatable bonds is 4. The minimum absolute atomic E-state index is 0.742. The SMILES string of the molecule is CC[CH]c1ccccc1CC(C)C. The van der Waals surface area contributed by atoms with Crippen LogP contribution in [0.5, 0.6) is 0 Å². The molecule has 0 fully saturated rings. The number of hydrogen-bond acceptors (Lipinski definition) is 0. The van der Waals surface area contributed by atoms with E-state index in [1.807, 2.05) is 0 Å². The molecule has 1 aromatic carbocycles. The van der Waals surface area contributed by atoms with Crippen LogP contribution in [-0.4, -0.2) is 0 Å². The van der Waals surface area contributed by atoms with Crippen LogP contribution in [0.4, 0.5) is 0 Å². The predicted octanol–water partition coefficient (Wildman–Crippen LogP) is 3.85. The van der Waals surface area contributed by atoms with E-state index < -0.39 is 0 Å². The third-order valence-corrected chi connectivity index (χ3v) is 2.11. The van der Waals surface area contributed by atoms with Crippen molar-refractivity contribution in [3.63, 3.8) is 0 Å². The molecule has 0 N–H and O–H groups in total. The second kappa shape index (κ2) is 5.06. The van der Waals surface area contributed by atoms with E-state index in [0.717, 1.165) is 12.3 Å². The second-order valence-electron chi connectivity index (χ2n) is 3.91. The van der Waals surface area contributed by atoms with Gasteiger partial charge in [0.15, 0.2) is 0 Å². The molecule has 0 spiro atoms. The van der Waals surface area contributed by atoms with Crippen molar-refractivity contribution < 1.29 is 0 Å². The summed E-state index contributed by atoms with van der Waals surface area (Å²) < 4.78 is 0. The Labute approximate surface area is 82.0 Å². The molecular weight excluding hydrogens is 156 g/mol. The zero-order chi connectivity index (χ0) is 9.68. The zero-order valence-corrected chi connectivity index (χ0v) is 8.88. The Bertz CT molecular complexity index is 248. The van der Waals surface area contributed by atoms with E-state index >= 15 is 0 Å². The fourth-order valence-electron chi connectivity index (χ4n) is 1.58. The molecule has 71 valence electrons. The molecule has 0 aliphatic rings. The molecule has 0 amide bonds. The fraction of sp³-hybridized carbons (Fsp3) is 0.462. The van der Waals surface area contributed by atoms with E-state index in [2.05, 4.69) is 51.5 Å². The van der Waals surface area contributed by atoms with Gasteiger partial charge in [-0.05, 0) is 36.3 Å². The van der Waals surface area contributed by atoms with Crippen LogP contribution in [-0.2, 0) is 6.42 Å². The highest BCUT2D eigenvalue weighted by atomic mass is 14.1. The van der Waals surface area contributed by atoms with Gasteiger partial charge in [-0.15, -0.1) is 0 Å². The highest BCUT2D eigenvalue weighted by Crippen LogP contribution is 2.16. The van der Waals surface area contributed by atoms with Gasteiger partial charge in [-0.25, -0.2) is 0 Å². The van der Waals surface area contributed by atoms with Gasteiger partial charge in [0.2, 0.25) is 0 Å². The van der Waals surface area contributed by atoms with E-state index in [0.29, 0.717) is 0 Å². The Balaban J connectivity index is 2.78. The van der Waals surface area contributed by atoms with Gasteiger partial charge in [-0.1, -0.05) is 45.0 Å². The lowest BCUT2D eigenvalue weighted by Gasteiger charge is -2.10. The molecule has 0 nitrogen and oxygen atoms in total. The average molecular weight is 175 g/mol. The maximum Gasteiger partial charge on any atom is -0.00930 e. The summed E-state index contributed by atoms with van der Waals surface area (Å²) in [6.07, 6.45) is 4.61. The number of hydrogen-bond donors (Lipinski definition) is 0. The molecule has 0 aliphatic heterocycles. The Hall–Kier alpha value is -0.780. The van der Waals surface area contributed by atoms with Crippen molar-refractivity contribution in [3.05, 3.63) is 41.8 Å². The molecule has 0 heteroatoms. The van der Waals surface area contributed by atoms with Crippen LogP contribution in [0.15, 0.2) is 24.3 Å². The molecule has 0 heterocycles. The molecule has 13 heavy (non-hydrogen) atoms. The van der Waals surface area contributed by atoms with Crippen molar-refractivity contribution in [1.82, 2.24) is 0 Å². The highest BCUT2D eigenvalue weighted by Gasteiger charge is 2.02. The van der Waals surface area contributed by atoms with Gasteiger partial charge < -0.3 is 0 Å². The third kappa shape index (κ3) is 3.22. The van der Waals surface area contributed by atoms with E-state index in [1.54, 1.807) is 0 Å². The van der Waals surface area contributed by atoms with E-state index in [9.17, 15) is 0 Å². The quantitative estimate of drug-likeness (QED) is 0.652. The maximum absolute atomic E-state index is 2.30. The molecule has 0 aromatic heterocycles. The summed E-state index contributed by atoms with van der Waals surface area (Å²) in [5.41, 5.74) is 2.90. The van der Waals surface area contributed by atoms with Gasteiger partial charge >= 0.3 is 0 Å². The molecule has 0 bridgehead atoms. The Morgan fingerprint density at radius 3 is 2.54 bits per heavy atom. The molecular formula is C13H19. The molecule has 0 aliphatic carbocycles. The summed E-state index contributed by atoms with van der Waals surface area (Å²) in [6, 6.07) is 8.69. The first-order chi connectivity index (χ1) is 6.24. The average Bonchev–Trinajstić information content (AvgIpc) is 2.08. The van der Waals surface area contributed by atoms with Gasteiger partial charge in [0.25, 0.3) is 0 Å². The maximum atomic E-state index is 2.30. The van der Waals surface area contributed by atoms with E-state index in [4.69, 9.17) is 0 Å². The van der Waals surface area contributed by atoms with Crippen molar-refractivity contribution in [2.75, 3.05) is 0 Å². The Kier molecular flexibility index (Phi) is 4.01. The van der Waals surface area contributed by atoms with Crippen LogP contribution in [0.3, 0.4) is 0 Å². The molecule has 1 rings (SSSR count). The summed E-state index contributed by atoms with van der Waals surface area (Å²) >= 11 is 0. The van der Waals surface area contributed by atoms with E-state index in [-0.39, 0.29) is 0 Å². The molecule has 1 aromatic rings. The molecule has 0 saturated carbocycles. The minimum Gasteiger partial charge on any atom is -0.0648 e. The van der Waals surface area contributed by atoms with Crippen LogP contribution in [0.2, 0.25) is 0 Å². The summed E-state index contributed by atoms with van der Waals surface area (Å²) in [5.74, 6) is 0.742. The molecule has 1 radical (unpaired) electrons. The first-order valence-electron chi connectivity index (χ1n) is 5.15. The predicted molar refractivity (Wildman–Crippen MR) is 58.7 cm³/mol. The lowest BCUT2D eigenvalue weighted by molar-refractivity contribution is 0.645. The van der Waals surface area contributed by atoms with Crippen LogP contribution in [0.25, 0.3) is 0 Å². The largest absolute Gasteiger partial charge is 0.0648 e. The van der Waals surface area contributed by atoms with Crippen LogP contribution in [0.1, 0.15) is 38.3 Å². The highest BCUT2D eigenvalue weighted by molar-refractivity contribution is 5.32. The van der Waals surface area contributed by atoms with Crippen LogP contribution >= 0.6 is 0 Å². The van der Waals surface area contributed by atoms with E-state index in [1.165, 1.54) is 17.5 Å². The molecule has 0 saturated heterocycles. The fourth-order valence-corrected chi connectivity index (χ4v) is 1.58. The lowest BCUT2D eigenvalue weighted by Crippen LogP contribution is -1.97. The smallest absolute Gasteiger partial charge is 0.00930 e. The van der Waals surface area contributed by atoms with Crippen molar-refractivity contribution in [1.29, 1.82) is 0 Å². The summed E-state index contributed by atoms with van der Waals surface area (Å²) in [4.78, 5) is 0. The topological polar surface area (TPSA) is 0 Å². The van der Waals surface area contributed by atoms with Crippen LogP contribution < -0.4 is 0 Å². The minimum atomic E-state index is 0.742. The molecule has 0 atom stereocenters. The van der Waals surface area contributed by atoms with Crippen LogP contribution in [0, 0.1) is 12.3 Å². The van der Waals surface area contributed by atoms with Gasteiger partial charge in [0.1, 0.15) is 0 Å². The Morgan fingerprint density at radius 1 is 1.23 bits per heavy atom. The van der Waals surface area contributed by atoms with Crippen molar-refractivity contribution in [2.45, 2.75) is 33.6 Å². The van der Waals surface area contributed by atoms with Gasteiger partial charge in [-0.2, -0.15) is 0 Å². The van der Waals surface area contributed by atoms with Gasteiger partial charge in [0.05, 0.1) is 0 Å². The Morgan fingerprint density at radius 2 is 1.92 bits per heavy atom. The number of benzene rings is 1. The van der Waals surface area contributed by atoms with Crippen molar-refractivity contribution >= 4 is 0 Å². The van der Waals surface area contributed by atoms with Gasteiger partial charge in [0, 0.05) is 0 Å². The normalized spacial score (nSPS) is 10.8. The van der Waals surface area contributed by atoms with Gasteiger partial charge in [-0.3, -0.25) is 0 Å². The monoisotopic (exact) mass is 175 g/mol. The first-order valence-corrected chi connectivity index (χ1v) is 5.15. The zero-order valence-electron chi connectivity index (χ0n) is 8.88.